The van der Waals surface area contributed by atoms with E-state index in [0.717, 1.165) is 0 Å². The molecule has 1 rings (SSSR count). The Bertz CT molecular complexity index is 530. The summed E-state index contributed by atoms with van der Waals surface area (Å²) in [5.74, 6) is -2.67. The van der Waals surface area contributed by atoms with Gasteiger partial charge < -0.3 is 23.8 Å². The molecule has 22 heavy (non-hydrogen) atoms. The number of halogens is 1. The van der Waals surface area contributed by atoms with Gasteiger partial charge in [0.05, 0.1) is 0 Å². The molecule has 0 amide bonds. The van der Waals surface area contributed by atoms with Gasteiger partial charge >= 0.3 is 35.5 Å². The first-order valence-electron chi connectivity index (χ1n) is 6.27. The Morgan fingerprint density at radius 3 is 2.18 bits per heavy atom. The number of rotatable bonds is 6. The normalized spacial score (nSPS) is 16.1. The fourth-order valence-electron chi connectivity index (χ4n) is 1.56. The van der Waals surface area contributed by atoms with E-state index >= 15 is 0 Å². The number of ether oxygens (including phenoxy) is 2. The van der Waals surface area contributed by atoms with Crippen molar-refractivity contribution < 1.29 is 58.2 Å². The van der Waals surface area contributed by atoms with E-state index in [9.17, 15) is 14.3 Å². The van der Waals surface area contributed by atoms with Crippen LogP contribution in [-0.2, 0) is 14.1 Å². The Balaban J connectivity index is 0.00000441. The zero-order valence-electron chi connectivity index (χ0n) is 12.9. The van der Waals surface area contributed by atoms with Gasteiger partial charge in [0.1, 0.15) is 5.75 Å². The molecule has 0 bridgehead atoms. The summed E-state index contributed by atoms with van der Waals surface area (Å²) in [5, 5.41) is 0.519. The summed E-state index contributed by atoms with van der Waals surface area (Å²) in [6, 6.07) is 6.31. The van der Waals surface area contributed by atoms with E-state index in [4.69, 9.17) is 26.0 Å². The largest absolute Gasteiger partial charge is 1.00 e. The number of carbonyl (C=O) groups is 1. The molecule has 0 spiro atoms. The molecule has 3 unspecified atom stereocenters. The molecule has 0 heterocycles. The van der Waals surface area contributed by atoms with Crippen LogP contribution in [0.25, 0.3) is 0 Å². The van der Waals surface area contributed by atoms with Crippen LogP contribution in [-0.4, -0.2) is 22.8 Å². The molecule has 6 nitrogen and oxygen atoms in total. The first-order chi connectivity index (χ1) is 9.61. The summed E-state index contributed by atoms with van der Waals surface area (Å²) in [6.07, 6.45) is -1.03. The van der Waals surface area contributed by atoms with Crippen molar-refractivity contribution >= 4 is 25.2 Å². The minimum atomic E-state index is -4.78. The van der Waals surface area contributed by atoms with Crippen molar-refractivity contribution in [2.24, 2.45) is 5.92 Å². The van der Waals surface area contributed by atoms with Crippen molar-refractivity contribution in [1.82, 2.24) is 0 Å². The van der Waals surface area contributed by atoms with Gasteiger partial charge in [0, 0.05) is 5.02 Å². The molecule has 0 aliphatic rings. The second-order valence-electron chi connectivity index (χ2n) is 4.85. The maximum atomic E-state index is 11.8. The molecule has 3 atom stereocenters. The Labute approximate surface area is 156 Å². The van der Waals surface area contributed by atoms with Crippen LogP contribution in [0.4, 0.5) is 0 Å². The Morgan fingerprint density at radius 1 is 1.27 bits per heavy atom. The number of hydrogen-bond donors (Lipinski definition) is 1. The number of benzene rings is 1. The van der Waals surface area contributed by atoms with Crippen LogP contribution in [0.3, 0.4) is 0 Å². The third-order valence-corrected chi connectivity index (χ3v) is 4.18. The second kappa shape index (κ2) is 9.28. The standard InChI is InChI=1S/C13H18ClO6P.Na/c1-8(2)13(21(16,17)18)20-12(15)9(3)19-11-6-4-10(14)5-7-11;/h4-9,13H,1-3H3,(H2,16,17,18);/q;+1/p-1. The van der Waals surface area contributed by atoms with E-state index in [1.54, 1.807) is 24.3 Å². The fourth-order valence-corrected chi connectivity index (χ4v) is 2.68. The van der Waals surface area contributed by atoms with Crippen molar-refractivity contribution in [1.29, 1.82) is 0 Å². The summed E-state index contributed by atoms with van der Waals surface area (Å²) in [4.78, 5) is 32.1. The molecule has 118 valence electrons. The van der Waals surface area contributed by atoms with Crippen LogP contribution in [0.5, 0.6) is 5.75 Å². The van der Waals surface area contributed by atoms with Crippen LogP contribution in [0.1, 0.15) is 20.8 Å². The van der Waals surface area contributed by atoms with Gasteiger partial charge in [0.15, 0.2) is 19.5 Å². The Morgan fingerprint density at radius 2 is 1.77 bits per heavy atom. The van der Waals surface area contributed by atoms with Gasteiger partial charge in [-0.1, -0.05) is 25.4 Å². The molecule has 0 aliphatic carbocycles. The van der Waals surface area contributed by atoms with Crippen LogP contribution in [0, 0.1) is 5.92 Å². The van der Waals surface area contributed by atoms with Crippen molar-refractivity contribution in [2.75, 3.05) is 0 Å². The van der Waals surface area contributed by atoms with E-state index in [1.165, 1.54) is 20.8 Å². The zero-order valence-corrected chi connectivity index (χ0v) is 16.5. The van der Waals surface area contributed by atoms with E-state index in [2.05, 4.69) is 0 Å². The fraction of sp³-hybridized carbons (Fsp3) is 0.462. The van der Waals surface area contributed by atoms with Crippen LogP contribution in [0.2, 0.25) is 5.02 Å². The third kappa shape index (κ3) is 7.01. The Hall–Kier alpha value is -0.0700. The van der Waals surface area contributed by atoms with E-state index in [0.29, 0.717) is 10.8 Å². The van der Waals surface area contributed by atoms with Gasteiger partial charge in [-0.3, -0.25) is 0 Å². The van der Waals surface area contributed by atoms with Crippen LogP contribution in [0.15, 0.2) is 24.3 Å². The smallest absolute Gasteiger partial charge is 0.776 e. The average molecular weight is 359 g/mol. The maximum absolute atomic E-state index is 11.8. The zero-order chi connectivity index (χ0) is 16.2. The average Bonchev–Trinajstić information content (AvgIpc) is 2.36. The van der Waals surface area contributed by atoms with Crippen LogP contribution >= 0.6 is 19.2 Å². The molecule has 0 aromatic heterocycles. The molecular weight excluding hydrogens is 342 g/mol. The first kappa shape index (κ1) is 21.9. The first-order valence-corrected chi connectivity index (χ1v) is 8.30. The van der Waals surface area contributed by atoms with Gasteiger partial charge in [-0.05, 0) is 37.1 Å². The van der Waals surface area contributed by atoms with Gasteiger partial charge in [0.2, 0.25) is 0 Å². The van der Waals surface area contributed by atoms with Crippen molar-refractivity contribution in [2.45, 2.75) is 32.7 Å². The van der Waals surface area contributed by atoms with E-state index in [-0.39, 0.29) is 29.6 Å². The number of carbonyl (C=O) groups excluding carboxylic acids is 1. The number of hydrogen-bond acceptors (Lipinski definition) is 5. The molecule has 0 saturated heterocycles. The van der Waals surface area contributed by atoms with E-state index < -0.39 is 31.4 Å². The van der Waals surface area contributed by atoms with E-state index in [1.807, 2.05) is 0 Å². The summed E-state index contributed by atoms with van der Waals surface area (Å²) in [6.45, 7) is 4.45. The molecule has 0 aliphatic heterocycles. The molecule has 0 radical (unpaired) electrons. The number of esters is 1. The quantitative estimate of drug-likeness (QED) is 0.405. The SMILES string of the molecule is CC(Oc1ccc(Cl)cc1)C(=O)OC(C(C)C)P(=O)([O-])O.[Na+]. The monoisotopic (exact) mass is 358 g/mol. The van der Waals surface area contributed by atoms with Gasteiger partial charge in [-0.15, -0.1) is 0 Å². The second-order valence-corrected chi connectivity index (χ2v) is 6.92. The summed E-state index contributed by atoms with van der Waals surface area (Å²) in [5.41, 5.74) is 0. The summed E-state index contributed by atoms with van der Waals surface area (Å²) >= 11 is 5.72. The third-order valence-electron chi connectivity index (χ3n) is 2.59. The molecule has 1 N–H and O–H groups in total. The molecule has 1 aromatic rings. The van der Waals surface area contributed by atoms with Crippen molar-refractivity contribution in [3.8, 4) is 5.75 Å². The summed E-state index contributed by atoms with van der Waals surface area (Å²) < 4.78 is 21.3. The van der Waals surface area contributed by atoms with Crippen molar-refractivity contribution in [3.05, 3.63) is 29.3 Å². The molecule has 1 aromatic carbocycles. The summed E-state index contributed by atoms with van der Waals surface area (Å²) in [7, 11) is -4.78. The van der Waals surface area contributed by atoms with Gasteiger partial charge in [0.25, 0.3) is 0 Å². The Kier molecular flexibility index (Phi) is 9.25. The van der Waals surface area contributed by atoms with Gasteiger partial charge in [-0.25, -0.2) is 4.79 Å². The molecular formula is C13H17ClNaO6P. The predicted octanol–water partition coefficient (Wildman–Crippen LogP) is -0.818. The molecule has 0 fully saturated rings. The predicted molar refractivity (Wildman–Crippen MR) is 76.1 cm³/mol. The topological polar surface area (TPSA) is 95.9 Å². The minimum absolute atomic E-state index is 0. The van der Waals surface area contributed by atoms with Crippen LogP contribution < -0.4 is 39.2 Å². The maximum Gasteiger partial charge on any atom is 1.00 e. The van der Waals surface area contributed by atoms with Gasteiger partial charge in [-0.2, -0.15) is 0 Å². The van der Waals surface area contributed by atoms with Crippen molar-refractivity contribution in [3.63, 3.8) is 0 Å². The minimum Gasteiger partial charge on any atom is -0.776 e. The molecule has 9 heteroatoms. The molecule has 0 saturated carbocycles.